The lowest BCUT2D eigenvalue weighted by Gasteiger charge is -2.21. The molecule has 0 spiro atoms. The first kappa shape index (κ1) is 33.7. The minimum atomic E-state index is 0.712. The number of rotatable bonds is 5. The number of benzene rings is 10. The maximum absolute atomic E-state index is 5.35. The number of hydrogen-bond donors (Lipinski definition) is 0. The molecule has 0 aliphatic rings. The molecule has 0 fully saturated rings. The molecule has 0 bridgehead atoms. The van der Waals surface area contributed by atoms with Crippen LogP contribution in [0.25, 0.3) is 119 Å². The molecule has 2 aromatic heterocycles. The van der Waals surface area contributed by atoms with E-state index in [9.17, 15) is 0 Å². The van der Waals surface area contributed by atoms with Crippen molar-refractivity contribution in [2.75, 3.05) is 0 Å². The lowest BCUT2D eigenvalue weighted by Crippen LogP contribution is -1.97. The van der Waals surface area contributed by atoms with E-state index in [0.29, 0.717) is 5.82 Å². The predicted octanol–water partition coefficient (Wildman–Crippen LogP) is 15.8. The number of nitrogens with zero attached hydrogens (tertiary/aromatic N) is 2. The zero-order valence-electron chi connectivity index (χ0n) is 31.9. The molecule has 10 aromatic carbocycles. The molecule has 3 heteroatoms. The third-order valence-corrected chi connectivity index (χ3v) is 13.1. The van der Waals surface area contributed by atoms with Gasteiger partial charge in [0.15, 0.2) is 5.82 Å². The molecule has 0 saturated carbocycles. The van der Waals surface area contributed by atoms with Crippen LogP contribution in [0.4, 0.5) is 0 Å². The molecule has 274 valence electrons. The summed E-state index contributed by atoms with van der Waals surface area (Å²) in [7, 11) is 0. The van der Waals surface area contributed by atoms with Crippen molar-refractivity contribution in [2.24, 2.45) is 0 Å². The summed E-state index contributed by atoms with van der Waals surface area (Å²) in [6, 6.07) is 74.5. The number of fused-ring (bicyclic) bond motifs is 8. The SMILES string of the molecule is c1ccc(-c2nc(-c3ccc(-c4c5ccccc5c(-c5ccccc5)c5ccc6ccccc6c45)c4ccccc34)cc(-c3cccc4c3sc3ccccc34)n2)cc1. The van der Waals surface area contributed by atoms with Crippen molar-refractivity contribution in [1.82, 2.24) is 9.97 Å². The Kier molecular flexibility index (Phi) is 7.75. The number of hydrogen-bond acceptors (Lipinski definition) is 3. The minimum absolute atomic E-state index is 0.712. The van der Waals surface area contributed by atoms with Crippen LogP contribution in [-0.4, -0.2) is 9.97 Å². The fraction of sp³-hybridized carbons (Fsp3) is 0. The van der Waals surface area contributed by atoms with Crippen molar-refractivity contribution in [3.63, 3.8) is 0 Å². The van der Waals surface area contributed by atoms with Gasteiger partial charge in [0.05, 0.1) is 11.4 Å². The van der Waals surface area contributed by atoms with Crippen molar-refractivity contribution < 1.29 is 0 Å². The molecular formula is C56H34N2S. The van der Waals surface area contributed by atoms with Gasteiger partial charge in [-0.15, -0.1) is 11.3 Å². The summed E-state index contributed by atoms with van der Waals surface area (Å²) in [5.74, 6) is 0.712. The summed E-state index contributed by atoms with van der Waals surface area (Å²) < 4.78 is 2.52. The summed E-state index contributed by atoms with van der Waals surface area (Å²) in [5, 5.41) is 12.3. The van der Waals surface area contributed by atoms with Crippen molar-refractivity contribution in [3.8, 4) is 56.2 Å². The van der Waals surface area contributed by atoms with E-state index in [1.54, 1.807) is 0 Å². The predicted molar refractivity (Wildman–Crippen MR) is 252 cm³/mol. The van der Waals surface area contributed by atoms with Crippen LogP contribution in [0.2, 0.25) is 0 Å². The van der Waals surface area contributed by atoms with Crippen LogP contribution in [0, 0.1) is 0 Å². The molecule has 0 amide bonds. The second-order valence-electron chi connectivity index (χ2n) is 15.2. The van der Waals surface area contributed by atoms with Gasteiger partial charge in [-0.2, -0.15) is 0 Å². The molecule has 12 rings (SSSR count). The minimum Gasteiger partial charge on any atom is -0.228 e. The van der Waals surface area contributed by atoms with E-state index in [2.05, 4.69) is 200 Å². The Bertz CT molecular complexity index is 3610. The third kappa shape index (κ3) is 5.40. The fourth-order valence-electron chi connectivity index (χ4n) is 9.27. The Balaban J connectivity index is 1.15. The van der Waals surface area contributed by atoms with Gasteiger partial charge < -0.3 is 0 Å². The lowest BCUT2D eigenvalue weighted by atomic mass is 9.82. The third-order valence-electron chi connectivity index (χ3n) is 11.9. The van der Waals surface area contributed by atoms with Crippen LogP contribution >= 0.6 is 11.3 Å². The van der Waals surface area contributed by atoms with Gasteiger partial charge in [0, 0.05) is 36.9 Å². The largest absolute Gasteiger partial charge is 0.228 e. The molecule has 0 unspecified atom stereocenters. The maximum Gasteiger partial charge on any atom is 0.160 e. The van der Waals surface area contributed by atoms with Crippen LogP contribution in [0.1, 0.15) is 0 Å². The summed E-state index contributed by atoms with van der Waals surface area (Å²) >= 11 is 1.83. The monoisotopic (exact) mass is 766 g/mol. The molecule has 2 heterocycles. The average Bonchev–Trinajstić information content (AvgIpc) is 3.70. The summed E-state index contributed by atoms with van der Waals surface area (Å²) in [5.41, 5.74) is 9.94. The molecular weight excluding hydrogens is 733 g/mol. The molecule has 12 aromatic rings. The van der Waals surface area contributed by atoms with Gasteiger partial charge >= 0.3 is 0 Å². The Hall–Kier alpha value is -7.46. The van der Waals surface area contributed by atoms with E-state index >= 15 is 0 Å². The van der Waals surface area contributed by atoms with Crippen LogP contribution < -0.4 is 0 Å². The van der Waals surface area contributed by atoms with E-state index in [-0.39, 0.29) is 0 Å². The Labute approximate surface area is 345 Å². The molecule has 0 radical (unpaired) electrons. The van der Waals surface area contributed by atoms with E-state index in [1.807, 2.05) is 17.4 Å². The Morgan fingerprint density at radius 2 is 0.881 bits per heavy atom. The zero-order chi connectivity index (χ0) is 38.9. The fourth-order valence-corrected chi connectivity index (χ4v) is 10.5. The van der Waals surface area contributed by atoms with Gasteiger partial charge in [-0.3, -0.25) is 0 Å². The highest BCUT2D eigenvalue weighted by Crippen LogP contribution is 2.49. The second kappa shape index (κ2) is 13.6. The van der Waals surface area contributed by atoms with Gasteiger partial charge in [0.2, 0.25) is 0 Å². The molecule has 0 N–H and O–H groups in total. The highest BCUT2D eigenvalue weighted by Gasteiger charge is 2.22. The standard InChI is InChI=1S/C56H34N2S/c1-3-17-36(18-4-1)52-43-25-11-12-26-44(43)54(53-38-21-8-7-16-35(38)30-31-48(52)53)45-33-32-41(39-22-9-10-23-40(39)45)49-34-50(58-56(57-49)37-19-5-2-6-20-37)47-28-15-27-46-42-24-13-14-29-51(42)59-55(46)47/h1-34H. The van der Waals surface area contributed by atoms with Gasteiger partial charge in [-0.25, -0.2) is 9.97 Å². The summed E-state index contributed by atoms with van der Waals surface area (Å²) in [6.07, 6.45) is 0. The second-order valence-corrected chi connectivity index (χ2v) is 16.2. The summed E-state index contributed by atoms with van der Waals surface area (Å²) in [6.45, 7) is 0. The quantitative estimate of drug-likeness (QED) is 0.129. The highest BCUT2D eigenvalue weighted by molar-refractivity contribution is 7.26. The summed E-state index contributed by atoms with van der Waals surface area (Å²) in [4.78, 5) is 10.6. The van der Waals surface area contributed by atoms with Gasteiger partial charge in [-0.1, -0.05) is 194 Å². The Morgan fingerprint density at radius 3 is 1.64 bits per heavy atom. The van der Waals surface area contributed by atoms with Crippen LogP contribution in [0.3, 0.4) is 0 Å². The lowest BCUT2D eigenvalue weighted by molar-refractivity contribution is 1.19. The van der Waals surface area contributed by atoms with Gasteiger partial charge in [0.25, 0.3) is 0 Å². The van der Waals surface area contributed by atoms with Crippen molar-refractivity contribution in [2.45, 2.75) is 0 Å². The van der Waals surface area contributed by atoms with E-state index in [4.69, 9.17) is 9.97 Å². The molecule has 0 aliphatic heterocycles. The number of thiophene rings is 1. The van der Waals surface area contributed by atoms with Crippen molar-refractivity contribution >= 4 is 74.6 Å². The molecule has 0 atom stereocenters. The normalized spacial score (nSPS) is 11.7. The topological polar surface area (TPSA) is 25.8 Å². The van der Waals surface area contributed by atoms with Crippen LogP contribution in [0.5, 0.6) is 0 Å². The first-order valence-corrected chi connectivity index (χ1v) is 20.9. The van der Waals surface area contributed by atoms with Crippen LogP contribution in [0.15, 0.2) is 206 Å². The van der Waals surface area contributed by atoms with Gasteiger partial charge in [0.1, 0.15) is 0 Å². The molecule has 59 heavy (non-hydrogen) atoms. The molecule has 0 aliphatic carbocycles. The first-order valence-electron chi connectivity index (χ1n) is 20.1. The van der Waals surface area contributed by atoms with Crippen LogP contribution in [-0.2, 0) is 0 Å². The van der Waals surface area contributed by atoms with Crippen molar-refractivity contribution in [3.05, 3.63) is 206 Å². The number of aromatic nitrogens is 2. The average molecular weight is 767 g/mol. The first-order chi connectivity index (χ1) is 29.3. The maximum atomic E-state index is 5.35. The van der Waals surface area contributed by atoms with E-state index < -0.39 is 0 Å². The van der Waals surface area contributed by atoms with Gasteiger partial charge in [-0.05, 0) is 77.5 Å². The van der Waals surface area contributed by atoms with E-state index in [1.165, 1.54) is 80.1 Å². The smallest absolute Gasteiger partial charge is 0.160 e. The molecule has 0 saturated heterocycles. The Morgan fingerprint density at radius 1 is 0.322 bits per heavy atom. The zero-order valence-corrected chi connectivity index (χ0v) is 32.7. The van der Waals surface area contributed by atoms with Crippen molar-refractivity contribution in [1.29, 1.82) is 0 Å². The van der Waals surface area contributed by atoms with E-state index in [0.717, 1.165) is 33.5 Å². The molecule has 2 nitrogen and oxygen atoms in total. The highest BCUT2D eigenvalue weighted by atomic mass is 32.1.